The van der Waals surface area contributed by atoms with Gasteiger partial charge in [0.15, 0.2) is 7.28 Å². The molecule has 0 N–H and O–H groups in total. The summed E-state index contributed by atoms with van der Waals surface area (Å²) in [5.74, 6) is 0. The summed E-state index contributed by atoms with van der Waals surface area (Å²) in [6, 6.07) is 31.6. The highest BCUT2D eigenvalue weighted by molar-refractivity contribution is 8.37. The Labute approximate surface area is 209 Å². The maximum Gasteiger partial charge on any atom is 0.152 e. The van der Waals surface area contributed by atoms with Crippen LogP contribution in [-0.4, -0.2) is 7.28 Å². The van der Waals surface area contributed by atoms with Crippen LogP contribution in [0.4, 0.5) is 0 Å². The van der Waals surface area contributed by atoms with Gasteiger partial charge in [0.05, 0.1) is 0 Å². The number of rotatable bonds is 7. The van der Waals surface area contributed by atoms with Gasteiger partial charge in [0.25, 0.3) is 0 Å². The molecular formula is C32H38BS. The molecule has 0 aromatic heterocycles. The summed E-state index contributed by atoms with van der Waals surface area (Å²) in [6.45, 7) is 11.8. The molecule has 34 heavy (non-hydrogen) atoms. The molecule has 0 bridgehead atoms. The van der Waals surface area contributed by atoms with Crippen LogP contribution in [0.1, 0.15) is 47.5 Å². The Kier molecular flexibility index (Phi) is 7.29. The largest absolute Gasteiger partial charge is 0.152 e. The minimum absolute atomic E-state index is 0.223. The van der Waals surface area contributed by atoms with Crippen molar-refractivity contribution in [3.63, 3.8) is 0 Å². The summed E-state index contributed by atoms with van der Waals surface area (Å²) in [6.07, 6.45) is 10.5. The molecule has 4 rings (SSSR count). The highest BCUT2D eigenvalue weighted by Gasteiger charge is 2.35. The van der Waals surface area contributed by atoms with E-state index in [-0.39, 0.29) is 10.8 Å². The molecule has 0 unspecified atom stereocenters. The molecule has 0 aliphatic heterocycles. The molecule has 3 aromatic carbocycles. The quantitative estimate of drug-likeness (QED) is 0.305. The smallest absolute Gasteiger partial charge is 0.133 e. The van der Waals surface area contributed by atoms with Crippen molar-refractivity contribution in [3.05, 3.63) is 108 Å². The standard InChI is InChI=1S/C32H38BS/c1-31(2,3)32(4,5)25-33-26-16-15-23-30(24-26)34(27-17-9-6-10-18-27,28-19-11-7-12-20-28)29-21-13-8-14-22-29/h6-7,9-13,15-24H,8,14,25H2,1-5H3. The summed E-state index contributed by atoms with van der Waals surface area (Å²) in [5, 5.41) is 0. The lowest BCUT2D eigenvalue weighted by molar-refractivity contribution is 0.157. The van der Waals surface area contributed by atoms with Crippen LogP contribution in [0.15, 0.2) is 123 Å². The second kappa shape index (κ2) is 10.0. The van der Waals surface area contributed by atoms with Crippen LogP contribution in [0.25, 0.3) is 0 Å². The van der Waals surface area contributed by atoms with Crippen molar-refractivity contribution < 1.29 is 0 Å². The minimum Gasteiger partial charge on any atom is -0.133 e. The normalized spacial score (nSPS) is 15.0. The van der Waals surface area contributed by atoms with Crippen LogP contribution in [-0.2, 0) is 0 Å². The molecule has 2 heteroatoms. The molecule has 1 aliphatic rings. The number of allylic oxidation sites excluding steroid dienone is 3. The van der Waals surface area contributed by atoms with Crippen LogP contribution in [0.3, 0.4) is 0 Å². The molecule has 0 saturated carbocycles. The molecule has 0 nitrogen and oxygen atoms in total. The SMILES string of the molecule is CC(C)(C)C(C)(C)C[B]c1cccc(S(C2=CCCC=C2)(c2ccccc2)c2ccccc2)c1. The van der Waals surface area contributed by atoms with E-state index in [2.05, 4.69) is 145 Å². The van der Waals surface area contributed by atoms with Crippen molar-refractivity contribution in [1.29, 1.82) is 0 Å². The lowest BCUT2D eigenvalue weighted by Gasteiger charge is -2.43. The van der Waals surface area contributed by atoms with Gasteiger partial charge in [-0.15, -0.1) is 10.0 Å². The third-order valence-electron chi connectivity index (χ3n) is 7.60. The van der Waals surface area contributed by atoms with E-state index in [1.54, 1.807) is 0 Å². The first kappa shape index (κ1) is 24.7. The zero-order chi connectivity index (χ0) is 24.2. The third kappa shape index (κ3) is 4.84. The van der Waals surface area contributed by atoms with Crippen molar-refractivity contribution in [2.24, 2.45) is 10.8 Å². The Balaban J connectivity index is 1.88. The molecular weight excluding hydrogens is 427 g/mol. The van der Waals surface area contributed by atoms with Gasteiger partial charge in [0, 0.05) is 14.7 Å². The van der Waals surface area contributed by atoms with E-state index in [0.717, 1.165) is 19.2 Å². The summed E-state index contributed by atoms with van der Waals surface area (Å²) in [4.78, 5) is 5.64. The molecule has 0 amide bonds. The monoisotopic (exact) mass is 465 g/mol. The Morgan fingerprint density at radius 3 is 1.82 bits per heavy atom. The van der Waals surface area contributed by atoms with Gasteiger partial charge < -0.3 is 0 Å². The van der Waals surface area contributed by atoms with E-state index >= 15 is 0 Å². The predicted molar refractivity (Wildman–Crippen MR) is 152 cm³/mol. The average Bonchev–Trinajstić information content (AvgIpc) is 2.85. The predicted octanol–water partition coefficient (Wildman–Crippen LogP) is 9.02. The lowest BCUT2D eigenvalue weighted by atomic mass is 9.53. The van der Waals surface area contributed by atoms with Crippen LogP contribution >= 0.6 is 10.0 Å². The first-order chi connectivity index (χ1) is 16.2. The maximum absolute atomic E-state index is 2.48. The fourth-order valence-electron chi connectivity index (χ4n) is 4.39. The van der Waals surface area contributed by atoms with Crippen molar-refractivity contribution in [1.82, 2.24) is 0 Å². The molecule has 1 radical (unpaired) electrons. The van der Waals surface area contributed by atoms with E-state index in [4.69, 9.17) is 0 Å². The van der Waals surface area contributed by atoms with Gasteiger partial charge in [0.1, 0.15) is 0 Å². The van der Waals surface area contributed by atoms with E-state index < -0.39 is 10.0 Å². The van der Waals surface area contributed by atoms with E-state index in [1.165, 1.54) is 25.1 Å². The molecule has 0 spiro atoms. The Morgan fingerprint density at radius 1 is 0.706 bits per heavy atom. The second-order valence-electron chi connectivity index (χ2n) is 10.9. The van der Waals surface area contributed by atoms with Gasteiger partial charge in [-0.1, -0.05) is 119 Å². The molecule has 0 fully saturated rings. The fraction of sp³-hybridized carbons (Fsp3) is 0.312. The Hall–Kier alpha value is -2.45. The molecule has 0 atom stereocenters. The van der Waals surface area contributed by atoms with Gasteiger partial charge in [-0.3, -0.25) is 0 Å². The topological polar surface area (TPSA) is 0 Å². The van der Waals surface area contributed by atoms with Crippen LogP contribution in [0.5, 0.6) is 0 Å². The summed E-state index contributed by atoms with van der Waals surface area (Å²) in [5.41, 5.74) is 1.79. The van der Waals surface area contributed by atoms with Gasteiger partial charge in [-0.25, -0.2) is 0 Å². The average molecular weight is 466 g/mol. The molecule has 3 aromatic rings. The minimum atomic E-state index is -1.58. The van der Waals surface area contributed by atoms with Gasteiger partial charge >= 0.3 is 0 Å². The van der Waals surface area contributed by atoms with E-state index in [1.807, 2.05) is 0 Å². The van der Waals surface area contributed by atoms with Gasteiger partial charge in [-0.2, -0.15) is 0 Å². The number of benzene rings is 3. The Morgan fingerprint density at radius 2 is 1.29 bits per heavy atom. The highest BCUT2D eigenvalue weighted by Crippen LogP contribution is 2.73. The van der Waals surface area contributed by atoms with Crippen molar-refractivity contribution in [3.8, 4) is 0 Å². The second-order valence-corrected chi connectivity index (χ2v) is 14.0. The Bertz CT molecular complexity index is 1110. The third-order valence-corrected chi connectivity index (χ3v) is 11.5. The van der Waals surface area contributed by atoms with E-state index in [9.17, 15) is 0 Å². The summed E-state index contributed by atoms with van der Waals surface area (Å²) >= 11 is 0. The van der Waals surface area contributed by atoms with Crippen LogP contribution in [0.2, 0.25) is 6.32 Å². The first-order valence-electron chi connectivity index (χ1n) is 12.5. The summed E-state index contributed by atoms with van der Waals surface area (Å²) < 4.78 is 0. The zero-order valence-electron chi connectivity index (χ0n) is 21.4. The van der Waals surface area contributed by atoms with Crippen molar-refractivity contribution in [2.45, 2.75) is 68.5 Å². The van der Waals surface area contributed by atoms with Crippen molar-refractivity contribution >= 4 is 22.8 Å². The fourth-order valence-corrected chi connectivity index (χ4v) is 8.42. The lowest BCUT2D eigenvalue weighted by Crippen LogP contribution is -2.33. The highest BCUT2D eigenvalue weighted by atomic mass is 32.3. The van der Waals surface area contributed by atoms with Crippen LogP contribution in [0, 0.1) is 10.8 Å². The molecule has 1 aliphatic carbocycles. The molecule has 175 valence electrons. The van der Waals surface area contributed by atoms with Gasteiger partial charge in [0.2, 0.25) is 0 Å². The molecule has 0 heterocycles. The molecule has 0 saturated heterocycles. The van der Waals surface area contributed by atoms with Crippen molar-refractivity contribution in [2.75, 3.05) is 0 Å². The van der Waals surface area contributed by atoms with Gasteiger partial charge in [-0.05, 0) is 58.9 Å². The summed E-state index contributed by atoms with van der Waals surface area (Å²) in [7, 11) is 0.860. The maximum atomic E-state index is 2.48. The van der Waals surface area contributed by atoms with Crippen LogP contribution < -0.4 is 5.46 Å². The first-order valence-corrected chi connectivity index (χ1v) is 14.1. The van der Waals surface area contributed by atoms with E-state index in [0.29, 0.717) is 0 Å². The number of hydrogen-bond acceptors (Lipinski definition) is 0. The number of hydrogen-bond donors (Lipinski definition) is 0. The zero-order valence-corrected chi connectivity index (χ0v) is 22.2.